The molecule has 0 heterocycles. The Morgan fingerprint density at radius 1 is 1.31 bits per heavy atom. The van der Waals surface area contributed by atoms with Crippen molar-refractivity contribution in [2.45, 2.75) is 18.2 Å². The van der Waals surface area contributed by atoms with E-state index in [1.807, 2.05) is 0 Å². The Bertz CT molecular complexity index is 174. The van der Waals surface area contributed by atoms with Gasteiger partial charge < -0.3 is 30.6 Å². The maximum atomic E-state index is 10.1. The summed E-state index contributed by atoms with van der Waals surface area (Å²) in [5.41, 5.74) is 0. The van der Waals surface area contributed by atoms with Gasteiger partial charge in [-0.05, 0) is 0 Å². The minimum atomic E-state index is -2.20. The molecular weight excluding hydrogens is 183 g/mol. The van der Waals surface area contributed by atoms with Crippen molar-refractivity contribution in [3.8, 4) is 0 Å². The lowest BCUT2D eigenvalue weighted by Gasteiger charge is -2.21. The first-order chi connectivity index (χ1) is 5.91. The topological polar surface area (TPSA) is 138 Å². The minimum absolute atomic E-state index is 0.843. The fraction of sp³-hybridized carbons (Fsp3) is 0.800. The van der Waals surface area contributed by atoms with Gasteiger partial charge in [0.25, 0.3) is 5.87 Å². The van der Waals surface area contributed by atoms with Crippen molar-refractivity contribution < 1.29 is 35.4 Å². The first-order valence-electron chi connectivity index (χ1n) is 3.47. The molecule has 76 valence electrons. The second kappa shape index (κ2) is 5.15. The predicted octanol–water partition coefficient (Wildman–Crippen LogP) is -3.16. The molecule has 0 aromatic carbocycles. The van der Waals surface area contributed by atoms with E-state index in [9.17, 15) is 4.79 Å². The average Bonchev–Trinajstić information content (AvgIpc) is 2.12. The molecule has 0 aliphatic rings. The van der Waals surface area contributed by atoms with Gasteiger partial charge in [0.05, 0.1) is 6.61 Å². The normalized spacial score (nSPS) is 17.6. The van der Waals surface area contributed by atoms with Crippen LogP contribution in [-0.2, 0) is 0 Å². The molecule has 0 aromatic rings. The maximum absolute atomic E-state index is 10.1. The lowest BCUT2D eigenvalue weighted by molar-refractivity contribution is -0.0560. The summed E-state index contributed by atoms with van der Waals surface area (Å²) in [5, 5.41) is 51.8. The Kier molecular flexibility index (Phi) is 4.88. The Hall–Kier alpha value is -0.665. The van der Waals surface area contributed by atoms with Gasteiger partial charge >= 0.3 is 6.92 Å². The third-order valence-corrected chi connectivity index (χ3v) is 1.51. The molecule has 6 N–H and O–H groups in total. The fourth-order valence-electron chi connectivity index (χ4n) is 0.668. The summed E-state index contributed by atoms with van der Waals surface area (Å²) in [6, 6.07) is -2.04. The molecule has 0 unspecified atom stereocenters. The molecule has 0 aliphatic heterocycles. The van der Waals surface area contributed by atoms with Crippen molar-refractivity contribution in [1.29, 1.82) is 0 Å². The highest BCUT2D eigenvalue weighted by Crippen LogP contribution is 2.02. The second-order valence-corrected chi connectivity index (χ2v) is 2.51. The summed E-state index contributed by atoms with van der Waals surface area (Å²) < 4.78 is 0. The monoisotopic (exact) mass is 194 g/mol. The molecule has 0 saturated carbocycles. The standard InChI is InChI=1S/C5H11BO7/c7-1-2(8)3(9)4(10)6(13)5(11)12/h2-4,7-10,13H,1H2,(H,11,12)/t2-,3-,4+/m1/s1. The highest BCUT2D eigenvalue weighted by atomic mass is 16.4. The van der Waals surface area contributed by atoms with E-state index in [4.69, 9.17) is 30.6 Å². The first kappa shape index (κ1) is 12.3. The average molecular weight is 194 g/mol. The van der Waals surface area contributed by atoms with Crippen molar-refractivity contribution >= 4 is 12.8 Å². The van der Waals surface area contributed by atoms with Gasteiger partial charge in [-0.2, -0.15) is 0 Å². The molecule has 0 saturated heterocycles. The Morgan fingerprint density at radius 2 is 1.77 bits per heavy atom. The van der Waals surface area contributed by atoms with Crippen LogP contribution >= 0.6 is 0 Å². The fourth-order valence-corrected chi connectivity index (χ4v) is 0.668. The van der Waals surface area contributed by atoms with E-state index in [-0.39, 0.29) is 0 Å². The molecule has 0 amide bonds. The second-order valence-electron chi connectivity index (χ2n) is 2.51. The van der Waals surface area contributed by atoms with Gasteiger partial charge in [-0.15, -0.1) is 0 Å². The highest BCUT2D eigenvalue weighted by Gasteiger charge is 2.38. The molecular formula is C5H11BO7. The third kappa shape index (κ3) is 3.29. The molecule has 0 fully saturated rings. The van der Waals surface area contributed by atoms with Gasteiger partial charge in [-0.25, -0.2) is 0 Å². The summed E-state index contributed by atoms with van der Waals surface area (Å²) in [6.07, 6.45) is -3.60. The van der Waals surface area contributed by atoms with Crippen LogP contribution in [0.15, 0.2) is 0 Å². The zero-order chi connectivity index (χ0) is 10.6. The van der Waals surface area contributed by atoms with Crippen molar-refractivity contribution in [2.24, 2.45) is 0 Å². The number of hydrogen-bond acceptors (Lipinski definition) is 6. The van der Waals surface area contributed by atoms with Crippen molar-refractivity contribution in [3.05, 3.63) is 0 Å². The molecule has 0 spiro atoms. The number of rotatable bonds is 5. The summed E-state index contributed by atoms with van der Waals surface area (Å²) in [4.78, 5) is 10.1. The molecule has 8 heteroatoms. The molecule has 0 aromatic heterocycles. The highest BCUT2D eigenvalue weighted by molar-refractivity contribution is 6.83. The SMILES string of the molecule is O=C(O)B(O)[C@@H](O)[C@H](O)[C@H](O)CO. The molecule has 0 aliphatic carbocycles. The molecule has 3 atom stereocenters. The summed E-state index contributed by atoms with van der Waals surface area (Å²) in [7, 11) is 0. The molecule has 13 heavy (non-hydrogen) atoms. The number of hydrogen-bond donors (Lipinski definition) is 6. The van der Waals surface area contributed by atoms with Crippen LogP contribution in [0.25, 0.3) is 0 Å². The molecule has 0 rings (SSSR count). The largest absolute Gasteiger partial charge is 0.487 e. The van der Waals surface area contributed by atoms with Crippen LogP contribution in [0.3, 0.4) is 0 Å². The van der Waals surface area contributed by atoms with Crippen molar-refractivity contribution in [1.82, 2.24) is 0 Å². The smallest absolute Gasteiger partial charge is 0.453 e. The van der Waals surface area contributed by atoms with Gasteiger partial charge in [-0.3, -0.25) is 4.79 Å². The lowest BCUT2D eigenvalue weighted by atomic mass is 9.60. The Balaban J connectivity index is 4.24. The molecule has 0 bridgehead atoms. The van der Waals surface area contributed by atoms with E-state index in [0.29, 0.717) is 0 Å². The Morgan fingerprint density at radius 3 is 2.08 bits per heavy atom. The zero-order valence-corrected chi connectivity index (χ0v) is 6.61. The van der Waals surface area contributed by atoms with Crippen LogP contribution < -0.4 is 0 Å². The number of aliphatic hydroxyl groups is 4. The summed E-state index contributed by atoms with van der Waals surface area (Å²) in [6.45, 7) is -3.04. The van der Waals surface area contributed by atoms with Crippen molar-refractivity contribution in [2.75, 3.05) is 6.61 Å². The quantitative estimate of drug-likeness (QED) is 0.254. The van der Waals surface area contributed by atoms with Crippen LogP contribution in [0, 0.1) is 0 Å². The van der Waals surface area contributed by atoms with Crippen LogP contribution in [0.5, 0.6) is 0 Å². The van der Waals surface area contributed by atoms with Gasteiger partial charge in [0.15, 0.2) is 0 Å². The van der Waals surface area contributed by atoms with Gasteiger partial charge in [-0.1, -0.05) is 0 Å². The number of aliphatic hydroxyl groups excluding tert-OH is 4. The number of carboxylic acid groups (broad SMARTS) is 1. The van der Waals surface area contributed by atoms with E-state index < -0.39 is 37.6 Å². The van der Waals surface area contributed by atoms with E-state index in [0.717, 1.165) is 0 Å². The van der Waals surface area contributed by atoms with E-state index in [1.165, 1.54) is 0 Å². The van der Waals surface area contributed by atoms with Crippen molar-refractivity contribution in [3.63, 3.8) is 0 Å². The van der Waals surface area contributed by atoms with E-state index in [1.54, 1.807) is 0 Å². The minimum Gasteiger partial charge on any atom is -0.487 e. The summed E-state index contributed by atoms with van der Waals surface area (Å²) in [5.74, 6) is -1.73. The predicted molar refractivity (Wildman–Crippen MR) is 41.1 cm³/mol. The van der Waals surface area contributed by atoms with Gasteiger partial charge in [0, 0.05) is 0 Å². The van der Waals surface area contributed by atoms with Gasteiger partial charge in [0.1, 0.15) is 18.2 Å². The third-order valence-electron chi connectivity index (χ3n) is 1.51. The number of carbonyl (C=O) groups is 1. The van der Waals surface area contributed by atoms with Crippen LogP contribution in [0.4, 0.5) is 4.79 Å². The Labute approximate surface area is 74.0 Å². The van der Waals surface area contributed by atoms with Crippen LogP contribution in [0.1, 0.15) is 0 Å². The zero-order valence-electron chi connectivity index (χ0n) is 6.61. The molecule has 0 radical (unpaired) electrons. The maximum Gasteiger partial charge on any atom is 0.453 e. The van der Waals surface area contributed by atoms with Crippen LogP contribution in [0.2, 0.25) is 0 Å². The molecule has 7 nitrogen and oxygen atoms in total. The van der Waals surface area contributed by atoms with E-state index in [2.05, 4.69) is 0 Å². The summed E-state index contributed by atoms with van der Waals surface area (Å²) >= 11 is 0. The van der Waals surface area contributed by atoms with Gasteiger partial charge in [0.2, 0.25) is 0 Å². The lowest BCUT2D eigenvalue weighted by Crippen LogP contribution is -2.51. The first-order valence-corrected chi connectivity index (χ1v) is 3.47. The van der Waals surface area contributed by atoms with Crippen LogP contribution in [-0.4, -0.2) is 68.2 Å². The van der Waals surface area contributed by atoms with E-state index >= 15 is 0 Å².